The average molecular weight is 307 g/mol. The summed E-state index contributed by atoms with van der Waals surface area (Å²) < 4.78 is 10.2. The van der Waals surface area contributed by atoms with Crippen molar-refractivity contribution in [3.05, 3.63) is 29.8 Å². The van der Waals surface area contributed by atoms with Crippen molar-refractivity contribution in [2.75, 3.05) is 45.2 Å². The molecule has 1 amide bonds. The van der Waals surface area contributed by atoms with Crippen LogP contribution in [0.1, 0.15) is 17.3 Å². The lowest BCUT2D eigenvalue weighted by Crippen LogP contribution is -2.53. The Kier molecular flexibility index (Phi) is 5.74. The number of carbonyl (C=O) groups is 2. The maximum atomic E-state index is 12.8. The quantitative estimate of drug-likeness (QED) is 0.630. The molecule has 0 aromatic heterocycles. The number of hydrogen-bond acceptors (Lipinski definition) is 6. The molecular formula is C15H21N3O4. The van der Waals surface area contributed by atoms with E-state index in [-0.39, 0.29) is 19.1 Å². The minimum Gasteiger partial charge on any atom is -0.465 e. The average Bonchev–Trinajstić information content (AvgIpc) is 2.53. The molecule has 0 saturated carbocycles. The molecule has 0 unspecified atom stereocenters. The third-order valence-corrected chi connectivity index (χ3v) is 3.34. The zero-order valence-electron chi connectivity index (χ0n) is 12.7. The largest absolute Gasteiger partial charge is 0.465 e. The molecule has 1 heterocycles. The topological polar surface area (TPSA) is 85.1 Å². The number of carbonyl (C=O) groups excluding carboxylic acids is 2. The molecular weight excluding hydrogens is 286 g/mol. The number of hydrazine groups is 1. The Hall–Kier alpha value is -2.12. The van der Waals surface area contributed by atoms with Crippen LogP contribution in [0.25, 0.3) is 0 Å². The van der Waals surface area contributed by atoms with Crippen LogP contribution < -0.4 is 5.73 Å². The molecule has 0 bridgehead atoms. The first-order chi connectivity index (χ1) is 10.6. The van der Waals surface area contributed by atoms with Crippen LogP contribution in [-0.4, -0.2) is 61.3 Å². The number of morpholine rings is 1. The van der Waals surface area contributed by atoms with Gasteiger partial charge in [-0.15, -0.1) is 0 Å². The van der Waals surface area contributed by atoms with Gasteiger partial charge in [-0.1, -0.05) is 12.1 Å². The second kappa shape index (κ2) is 7.77. The fourth-order valence-corrected chi connectivity index (χ4v) is 2.26. The number of anilines is 1. The smallest absolute Gasteiger partial charge is 0.327 e. The Morgan fingerprint density at radius 1 is 1.32 bits per heavy atom. The molecule has 1 aromatic rings. The number of nitrogen functional groups attached to an aromatic ring is 1. The van der Waals surface area contributed by atoms with E-state index in [0.29, 0.717) is 37.6 Å². The second-order valence-electron chi connectivity index (χ2n) is 4.82. The zero-order valence-corrected chi connectivity index (χ0v) is 12.7. The van der Waals surface area contributed by atoms with Crippen LogP contribution in [0.15, 0.2) is 24.3 Å². The summed E-state index contributed by atoms with van der Waals surface area (Å²) in [7, 11) is 0. The van der Waals surface area contributed by atoms with E-state index in [1.807, 2.05) is 0 Å². The van der Waals surface area contributed by atoms with E-state index < -0.39 is 5.97 Å². The predicted molar refractivity (Wildman–Crippen MR) is 80.9 cm³/mol. The highest BCUT2D eigenvalue weighted by molar-refractivity contribution is 6.00. The van der Waals surface area contributed by atoms with Crippen molar-refractivity contribution >= 4 is 17.6 Å². The van der Waals surface area contributed by atoms with Crippen LogP contribution >= 0.6 is 0 Å². The fraction of sp³-hybridized carbons (Fsp3) is 0.467. The molecule has 2 N–H and O–H groups in total. The Morgan fingerprint density at radius 2 is 2.00 bits per heavy atom. The van der Waals surface area contributed by atoms with Crippen LogP contribution in [0.3, 0.4) is 0 Å². The second-order valence-corrected chi connectivity index (χ2v) is 4.82. The zero-order chi connectivity index (χ0) is 15.9. The first-order valence-electron chi connectivity index (χ1n) is 7.28. The number of benzene rings is 1. The van der Waals surface area contributed by atoms with Gasteiger partial charge >= 0.3 is 5.97 Å². The molecule has 0 aliphatic carbocycles. The monoisotopic (exact) mass is 307 g/mol. The SMILES string of the molecule is CCOC(=O)CN(C(=O)c1ccccc1N)N1CCOCC1. The molecule has 0 radical (unpaired) electrons. The summed E-state index contributed by atoms with van der Waals surface area (Å²) in [5.74, 6) is -0.759. The number of rotatable bonds is 5. The minimum absolute atomic E-state index is 0.138. The lowest BCUT2D eigenvalue weighted by atomic mass is 10.1. The van der Waals surface area contributed by atoms with E-state index in [4.69, 9.17) is 15.2 Å². The van der Waals surface area contributed by atoms with Gasteiger partial charge < -0.3 is 15.2 Å². The van der Waals surface area contributed by atoms with E-state index in [9.17, 15) is 9.59 Å². The molecule has 1 aromatic carbocycles. The third kappa shape index (κ3) is 3.96. The molecule has 0 spiro atoms. The van der Waals surface area contributed by atoms with E-state index in [1.165, 1.54) is 5.01 Å². The molecule has 1 saturated heterocycles. The summed E-state index contributed by atoms with van der Waals surface area (Å²) in [6, 6.07) is 6.81. The number of para-hydroxylation sites is 1. The summed E-state index contributed by atoms with van der Waals surface area (Å²) in [6.07, 6.45) is 0. The normalized spacial score (nSPS) is 15.3. The van der Waals surface area contributed by atoms with E-state index in [1.54, 1.807) is 36.2 Å². The van der Waals surface area contributed by atoms with Crippen molar-refractivity contribution in [1.82, 2.24) is 10.0 Å². The molecule has 1 aliphatic rings. The summed E-state index contributed by atoms with van der Waals surface area (Å²) >= 11 is 0. The van der Waals surface area contributed by atoms with Crippen molar-refractivity contribution in [2.24, 2.45) is 0 Å². The Balaban J connectivity index is 2.20. The third-order valence-electron chi connectivity index (χ3n) is 3.34. The molecule has 7 heteroatoms. The molecule has 0 atom stereocenters. The van der Waals surface area contributed by atoms with Gasteiger partial charge in [-0.05, 0) is 19.1 Å². The number of esters is 1. The Labute approximate surface area is 129 Å². The van der Waals surface area contributed by atoms with Crippen molar-refractivity contribution in [2.45, 2.75) is 6.92 Å². The molecule has 1 fully saturated rings. The van der Waals surface area contributed by atoms with Gasteiger partial charge in [0.25, 0.3) is 5.91 Å². The van der Waals surface area contributed by atoms with E-state index in [0.717, 1.165) is 0 Å². The summed E-state index contributed by atoms with van der Waals surface area (Å²) in [6.45, 7) is 3.97. The van der Waals surface area contributed by atoms with Gasteiger partial charge in [-0.3, -0.25) is 14.6 Å². The number of nitrogens with zero attached hydrogens (tertiary/aromatic N) is 2. The van der Waals surface area contributed by atoms with Gasteiger partial charge in [0.2, 0.25) is 0 Å². The van der Waals surface area contributed by atoms with Crippen molar-refractivity contribution < 1.29 is 19.1 Å². The molecule has 2 rings (SSSR count). The van der Waals surface area contributed by atoms with Gasteiger partial charge in [0.05, 0.1) is 25.4 Å². The van der Waals surface area contributed by atoms with Crippen molar-refractivity contribution in [3.63, 3.8) is 0 Å². The van der Waals surface area contributed by atoms with Crippen molar-refractivity contribution in [3.8, 4) is 0 Å². The molecule has 120 valence electrons. The predicted octanol–water partition coefficient (Wildman–Crippen LogP) is 0.521. The number of nitrogens with two attached hydrogens (primary N) is 1. The van der Waals surface area contributed by atoms with Gasteiger partial charge in [-0.2, -0.15) is 0 Å². The highest BCUT2D eigenvalue weighted by Gasteiger charge is 2.28. The van der Waals surface area contributed by atoms with Crippen LogP contribution in [-0.2, 0) is 14.3 Å². The maximum absolute atomic E-state index is 12.8. The maximum Gasteiger partial charge on any atom is 0.327 e. The molecule has 7 nitrogen and oxygen atoms in total. The van der Waals surface area contributed by atoms with Crippen LogP contribution in [0.5, 0.6) is 0 Å². The highest BCUT2D eigenvalue weighted by atomic mass is 16.5. The van der Waals surface area contributed by atoms with Crippen LogP contribution in [0.4, 0.5) is 5.69 Å². The summed E-state index contributed by atoms with van der Waals surface area (Å²) in [5, 5.41) is 3.20. The van der Waals surface area contributed by atoms with Crippen LogP contribution in [0.2, 0.25) is 0 Å². The Morgan fingerprint density at radius 3 is 2.64 bits per heavy atom. The van der Waals surface area contributed by atoms with Gasteiger partial charge in [0.1, 0.15) is 6.54 Å². The Bertz CT molecular complexity index is 529. The van der Waals surface area contributed by atoms with Gasteiger partial charge in [-0.25, -0.2) is 5.01 Å². The highest BCUT2D eigenvalue weighted by Crippen LogP contribution is 2.16. The van der Waals surface area contributed by atoms with E-state index in [2.05, 4.69) is 0 Å². The van der Waals surface area contributed by atoms with Gasteiger partial charge in [0, 0.05) is 18.8 Å². The number of amides is 1. The molecule has 1 aliphatic heterocycles. The number of ether oxygens (including phenoxy) is 2. The minimum atomic E-state index is -0.447. The number of hydrogen-bond donors (Lipinski definition) is 1. The van der Waals surface area contributed by atoms with Crippen LogP contribution in [0, 0.1) is 0 Å². The lowest BCUT2D eigenvalue weighted by molar-refractivity contribution is -0.150. The lowest BCUT2D eigenvalue weighted by Gasteiger charge is -2.36. The first-order valence-corrected chi connectivity index (χ1v) is 7.28. The van der Waals surface area contributed by atoms with Gasteiger partial charge in [0.15, 0.2) is 0 Å². The first kappa shape index (κ1) is 16.3. The molecule has 22 heavy (non-hydrogen) atoms. The van der Waals surface area contributed by atoms with Crippen molar-refractivity contribution in [1.29, 1.82) is 0 Å². The van der Waals surface area contributed by atoms with E-state index >= 15 is 0 Å². The summed E-state index contributed by atoms with van der Waals surface area (Å²) in [5.41, 5.74) is 6.63. The summed E-state index contributed by atoms with van der Waals surface area (Å²) in [4.78, 5) is 24.6. The standard InChI is InChI=1S/C15H21N3O4/c1-2-22-14(19)11-18(17-7-9-21-10-8-17)15(20)12-5-3-4-6-13(12)16/h3-6H,2,7-11,16H2,1H3. The fourth-order valence-electron chi connectivity index (χ4n) is 2.26.